The Morgan fingerprint density at radius 3 is 2.71 bits per heavy atom. The topological polar surface area (TPSA) is 32.7 Å². The number of rotatable bonds is 4. The van der Waals surface area contributed by atoms with Crippen molar-refractivity contribution in [3.8, 4) is 5.75 Å². The van der Waals surface area contributed by atoms with Gasteiger partial charge in [-0.15, -0.1) is 0 Å². The fraction of sp³-hybridized carbons (Fsp3) is 0.600. The average Bonchev–Trinajstić information content (AvgIpc) is 2.86. The highest BCUT2D eigenvalue weighted by molar-refractivity contribution is 5.28. The molecule has 1 heterocycles. The second-order valence-corrected chi connectivity index (χ2v) is 5.72. The Bertz CT molecular complexity index is 488. The molecular formula is C15H20F3NO2. The molecule has 1 N–H and O–H groups in total. The van der Waals surface area contributed by atoms with Gasteiger partial charge in [-0.3, -0.25) is 4.90 Å². The Hall–Kier alpha value is -1.27. The van der Waals surface area contributed by atoms with Gasteiger partial charge in [-0.05, 0) is 37.6 Å². The van der Waals surface area contributed by atoms with Crippen molar-refractivity contribution >= 4 is 0 Å². The van der Waals surface area contributed by atoms with E-state index in [0.717, 1.165) is 18.2 Å². The summed E-state index contributed by atoms with van der Waals surface area (Å²) in [5.41, 5.74) is -1.64. The summed E-state index contributed by atoms with van der Waals surface area (Å²) in [6.45, 7) is 2.21. The average molecular weight is 303 g/mol. The Morgan fingerprint density at radius 2 is 2.10 bits per heavy atom. The number of likely N-dealkylation sites (tertiary alicyclic amines) is 1. The number of ether oxygens (including phenoxy) is 1. The molecule has 0 spiro atoms. The van der Waals surface area contributed by atoms with E-state index in [2.05, 4.69) is 0 Å². The molecule has 0 radical (unpaired) electrons. The van der Waals surface area contributed by atoms with Crippen molar-refractivity contribution in [1.29, 1.82) is 0 Å². The molecule has 1 aliphatic heterocycles. The third-order valence-electron chi connectivity index (χ3n) is 4.18. The Kier molecular flexibility index (Phi) is 4.49. The standard InChI is InChI=1S/C15H20F3NO2/c1-14(20,15(16,17)18)12-6-7-19(10-12)9-11-4-3-5-13(8-11)21-2/h3-5,8,12,20H,6-7,9-10H2,1-2H3. The third kappa shape index (κ3) is 3.49. The zero-order valence-corrected chi connectivity index (χ0v) is 12.2. The normalized spacial score (nSPS) is 23.0. The predicted molar refractivity (Wildman–Crippen MR) is 73.1 cm³/mol. The van der Waals surface area contributed by atoms with Crippen molar-refractivity contribution < 1.29 is 23.0 Å². The highest BCUT2D eigenvalue weighted by Crippen LogP contribution is 2.40. The van der Waals surface area contributed by atoms with E-state index in [1.165, 1.54) is 0 Å². The number of benzene rings is 1. The van der Waals surface area contributed by atoms with Gasteiger partial charge in [0.2, 0.25) is 0 Å². The summed E-state index contributed by atoms with van der Waals surface area (Å²) >= 11 is 0. The lowest BCUT2D eigenvalue weighted by Gasteiger charge is -2.32. The molecule has 0 bridgehead atoms. The van der Waals surface area contributed by atoms with Gasteiger partial charge < -0.3 is 9.84 Å². The van der Waals surface area contributed by atoms with Crippen LogP contribution in [0.1, 0.15) is 18.9 Å². The van der Waals surface area contributed by atoms with Crippen molar-refractivity contribution in [2.75, 3.05) is 20.2 Å². The summed E-state index contributed by atoms with van der Waals surface area (Å²) in [6, 6.07) is 7.46. The van der Waals surface area contributed by atoms with Crippen LogP contribution in [0.25, 0.3) is 0 Å². The molecule has 3 nitrogen and oxygen atoms in total. The minimum atomic E-state index is -4.59. The van der Waals surface area contributed by atoms with Crippen LogP contribution >= 0.6 is 0 Å². The number of hydrogen-bond acceptors (Lipinski definition) is 3. The van der Waals surface area contributed by atoms with Crippen LogP contribution < -0.4 is 4.74 Å². The molecule has 118 valence electrons. The molecule has 2 unspecified atom stereocenters. The first-order valence-corrected chi connectivity index (χ1v) is 6.88. The summed E-state index contributed by atoms with van der Waals surface area (Å²) in [5.74, 6) is -0.0614. The van der Waals surface area contributed by atoms with E-state index in [9.17, 15) is 18.3 Å². The summed E-state index contributed by atoms with van der Waals surface area (Å²) in [4.78, 5) is 1.93. The number of nitrogens with zero attached hydrogens (tertiary/aromatic N) is 1. The first-order valence-electron chi connectivity index (χ1n) is 6.88. The van der Waals surface area contributed by atoms with Crippen LogP contribution in [0, 0.1) is 5.92 Å². The first kappa shape index (κ1) is 16.1. The number of methoxy groups -OCH3 is 1. The second-order valence-electron chi connectivity index (χ2n) is 5.72. The van der Waals surface area contributed by atoms with Crippen molar-refractivity contribution in [2.24, 2.45) is 5.92 Å². The third-order valence-corrected chi connectivity index (χ3v) is 4.18. The van der Waals surface area contributed by atoms with Crippen LogP contribution in [-0.2, 0) is 6.54 Å². The van der Waals surface area contributed by atoms with Gasteiger partial charge in [-0.1, -0.05) is 12.1 Å². The maximum Gasteiger partial charge on any atom is 0.417 e. The van der Waals surface area contributed by atoms with E-state index >= 15 is 0 Å². The lowest BCUT2D eigenvalue weighted by atomic mass is 9.88. The monoisotopic (exact) mass is 303 g/mol. The summed E-state index contributed by atoms with van der Waals surface area (Å²) in [5, 5.41) is 9.75. The molecule has 21 heavy (non-hydrogen) atoms. The van der Waals surface area contributed by atoms with Gasteiger partial charge in [0.1, 0.15) is 5.75 Å². The lowest BCUT2D eigenvalue weighted by Crippen LogP contribution is -2.49. The van der Waals surface area contributed by atoms with E-state index in [1.807, 2.05) is 29.2 Å². The maximum atomic E-state index is 12.9. The first-order chi connectivity index (χ1) is 9.74. The molecule has 1 aromatic carbocycles. The van der Waals surface area contributed by atoms with Gasteiger partial charge in [-0.25, -0.2) is 0 Å². The van der Waals surface area contributed by atoms with Crippen LogP contribution in [0.4, 0.5) is 13.2 Å². The highest BCUT2D eigenvalue weighted by atomic mass is 19.4. The molecule has 0 aliphatic carbocycles. The Morgan fingerprint density at radius 1 is 1.38 bits per heavy atom. The van der Waals surface area contributed by atoms with E-state index in [1.54, 1.807) is 7.11 Å². The van der Waals surface area contributed by atoms with Gasteiger partial charge in [0.15, 0.2) is 5.60 Å². The zero-order valence-electron chi connectivity index (χ0n) is 12.2. The van der Waals surface area contributed by atoms with E-state index in [-0.39, 0.29) is 6.54 Å². The van der Waals surface area contributed by atoms with Gasteiger partial charge in [0.05, 0.1) is 7.11 Å². The number of aliphatic hydroxyl groups is 1. The van der Waals surface area contributed by atoms with E-state index in [0.29, 0.717) is 19.5 Å². The fourth-order valence-corrected chi connectivity index (χ4v) is 2.70. The molecule has 1 saturated heterocycles. The largest absolute Gasteiger partial charge is 0.497 e. The van der Waals surface area contributed by atoms with Crippen LogP contribution in [0.5, 0.6) is 5.75 Å². The van der Waals surface area contributed by atoms with Crippen LogP contribution in [0.15, 0.2) is 24.3 Å². The molecular weight excluding hydrogens is 283 g/mol. The van der Waals surface area contributed by atoms with E-state index in [4.69, 9.17) is 4.74 Å². The minimum absolute atomic E-state index is 0.240. The van der Waals surface area contributed by atoms with Crippen LogP contribution in [-0.4, -0.2) is 42.0 Å². The fourth-order valence-electron chi connectivity index (χ4n) is 2.70. The van der Waals surface area contributed by atoms with E-state index < -0.39 is 17.7 Å². The molecule has 6 heteroatoms. The van der Waals surface area contributed by atoms with Gasteiger partial charge in [0, 0.05) is 19.0 Å². The molecule has 1 fully saturated rings. The summed E-state index contributed by atoms with van der Waals surface area (Å²) < 4.78 is 43.7. The molecule has 0 amide bonds. The quantitative estimate of drug-likeness (QED) is 0.928. The Balaban J connectivity index is 1.99. The van der Waals surface area contributed by atoms with Gasteiger partial charge >= 0.3 is 6.18 Å². The SMILES string of the molecule is COc1cccc(CN2CCC(C(C)(O)C(F)(F)F)C2)c1. The lowest BCUT2D eigenvalue weighted by molar-refractivity contribution is -0.270. The van der Waals surface area contributed by atoms with Crippen molar-refractivity contribution in [3.63, 3.8) is 0 Å². The van der Waals surface area contributed by atoms with Crippen molar-refractivity contribution in [1.82, 2.24) is 4.90 Å². The molecule has 0 aromatic heterocycles. The molecule has 1 aliphatic rings. The number of alkyl halides is 3. The zero-order chi connectivity index (χ0) is 15.7. The van der Waals surface area contributed by atoms with Crippen molar-refractivity contribution in [3.05, 3.63) is 29.8 Å². The van der Waals surface area contributed by atoms with Crippen molar-refractivity contribution in [2.45, 2.75) is 31.7 Å². The number of halogens is 3. The van der Waals surface area contributed by atoms with Gasteiger partial charge in [0.25, 0.3) is 0 Å². The molecule has 2 atom stereocenters. The molecule has 1 aromatic rings. The smallest absolute Gasteiger partial charge is 0.417 e. The molecule has 0 saturated carbocycles. The van der Waals surface area contributed by atoms with Gasteiger partial charge in [-0.2, -0.15) is 13.2 Å². The summed E-state index contributed by atoms with van der Waals surface area (Å²) in [7, 11) is 1.57. The maximum absolute atomic E-state index is 12.9. The van der Waals surface area contributed by atoms with Crippen LogP contribution in [0.2, 0.25) is 0 Å². The van der Waals surface area contributed by atoms with Crippen LogP contribution in [0.3, 0.4) is 0 Å². The second kappa shape index (κ2) is 5.85. The predicted octanol–water partition coefficient (Wildman–Crippen LogP) is 2.83. The highest BCUT2D eigenvalue weighted by Gasteiger charge is 2.55. The molecule has 2 rings (SSSR count). The minimum Gasteiger partial charge on any atom is -0.497 e. The number of hydrogen-bond donors (Lipinski definition) is 1. The Labute approximate surface area is 122 Å². The summed E-state index contributed by atoms with van der Waals surface area (Å²) in [6.07, 6.45) is -4.25.